The van der Waals surface area contributed by atoms with E-state index < -0.39 is 7.26 Å². The number of hydrogen-bond acceptors (Lipinski definition) is 0. The van der Waals surface area contributed by atoms with E-state index in [1.165, 1.54) is 108 Å². The molecule has 150 valence electrons. The van der Waals surface area contributed by atoms with Gasteiger partial charge in [-0.3, -0.25) is 0 Å². The molecule has 0 spiro atoms. The van der Waals surface area contributed by atoms with Crippen molar-refractivity contribution in [1.29, 1.82) is 0 Å². The fourth-order valence-electron chi connectivity index (χ4n) is 3.89. The summed E-state index contributed by atoms with van der Waals surface area (Å²) in [5.74, 6) is 0. The molecule has 1 rings (SSSR count). The Morgan fingerprint density at radius 1 is 0.577 bits per heavy atom. The van der Waals surface area contributed by atoms with Crippen LogP contribution in [0.1, 0.15) is 102 Å². The molecule has 0 N–H and O–H groups in total. The Balaban J connectivity index is 1.87. The first-order valence-electron chi connectivity index (χ1n) is 11.5. The third kappa shape index (κ3) is 13.8. The molecule has 0 atom stereocenters. The summed E-state index contributed by atoms with van der Waals surface area (Å²) < 4.78 is 0. The predicted octanol–water partition coefficient (Wildman–Crippen LogP) is 8.95. The highest BCUT2D eigenvalue weighted by atomic mass is 31.2. The molecule has 0 aliphatic heterocycles. The highest BCUT2D eigenvalue weighted by Gasteiger charge is 2.24. The average molecular weight is 378 g/mol. The normalized spacial score (nSPS) is 11.8. The Bertz CT molecular complexity index is 409. The maximum absolute atomic E-state index is 2.54. The van der Waals surface area contributed by atoms with Gasteiger partial charge >= 0.3 is 0 Å². The molecule has 0 fully saturated rings. The molecule has 0 aromatic heterocycles. The molecule has 0 aliphatic rings. The van der Waals surface area contributed by atoms with Gasteiger partial charge < -0.3 is 0 Å². The zero-order valence-electron chi connectivity index (χ0n) is 18.1. The molecule has 0 amide bonds. The van der Waals surface area contributed by atoms with Crippen molar-refractivity contribution in [3.8, 4) is 0 Å². The van der Waals surface area contributed by atoms with Gasteiger partial charge in [-0.1, -0.05) is 114 Å². The van der Waals surface area contributed by atoms with Crippen LogP contribution in [0, 0.1) is 0 Å². The standard InChI is InChI=1S/C25H46P/c1-4-5-6-7-8-9-10-11-12-13-14-15-16-20-23-26(2,3)24-25-21-18-17-19-22-25/h17-19,21-22H,4-16,20,23-24H2,1-3H3/q+1. The topological polar surface area (TPSA) is 0 Å². The fourth-order valence-corrected chi connectivity index (χ4v) is 6.33. The van der Waals surface area contributed by atoms with E-state index in [1.54, 1.807) is 0 Å². The van der Waals surface area contributed by atoms with Crippen LogP contribution < -0.4 is 0 Å². The first-order valence-corrected chi connectivity index (χ1v) is 14.6. The lowest BCUT2D eigenvalue weighted by molar-refractivity contribution is 0.538. The predicted molar refractivity (Wildman–Crippen MR) is 124 cm³/mol. The van der Waals surface area contributed by atoms with Crippen molar-refractivity contribution in [2.45, 2.75) is 103 Å². The number of benzene rings is 1. The van der Waals surface area contributed by atoms with Crippen LogP contribution in [0.3, 0.4) is 0 Å². The van der Waals surface area contributed by atoms with Crippen LogP contribution in [0.15, 0.2) is 30.3 Å². The van der Waals surface area contributed by atoms with Gasteiger partial charge in [-0.2, -0.15) is 0 Å². The second-order valence-electron chi connectivity index (χ2n) is 8.90. The van der Waals surface area contributed by atoms with E-state index in [2.05, 4.69) is 50.6 Å². The summed E-state index contributed by atoms with van der Waals surface area (Å²) in [7, 11) is -0.749. The second kappa shape index (κ2) is 15.7. The van der Waals surface area contributed by atoms with Crippen molar-refractivity contribution in [3.05, 3.63) is 35.9 Å². The third-order valence-corrected chi connectivity index (χ3v) is 8.32. The van der Waals surface area contributed by atoms with Gasteiger partial charge in [0.1, 0.15) is 0 Å². The highest BCUT2D eigenvalue weighted by Crippen LogP contribution is 2.54. The summed E-state index contributed by atoms with van der Waals surface area (Å²) in [6.07, 6.45) is 23.2. The lowest BCUT2D eigenvalue weighted by Crippen LogP contribution is -1.99. The van der Waals surface area contributed by atoms with Crippen molar-refractivity contribution in [2.75, 3.05) is 19.5 Å². The minimum atomic E-state index is -0.749. The van der Waals surface area contributed by atoms with Crippen LogP contribution in [0.4, 0.5) is 0 Å². The number of hydrogen-bond donors (Lipinski definition) is 0. The van der Waals surface area contributed by atoms with Crippen molar-refractivity contribution in [3.63, 3.8) is 0 Å². The molecule has 1 aromatic carbocycles. The van der Waals surface area contributed by atoms with E-state index in [-0.39, 0.29) is 0 Å². The van der Waals surface area contributed by atoms with Crippen molar-refractivity contribution in [2.24, 2.45) is 0 Å². The van der Waals surface area contributed by atoms with Gasteiger partial charge in [0.15, 0.2) is 0 Å². The molecular weight excluding hydrogens is 331 g/mol. The Kier molecular flexibility index (Phi) is 14.3. The smallest absolute Gasteiger partial charge is 0.0654 e. The Labute approximate surface area is 165 Å². The summed E-state index contributed by atoms with van der Waals surface area (Å²) >= 11 is 0. The molecule has 0 saturated heterocycles. The summed E-state index contributed by atoms with van der Waals surface area (Å²) in [6.45, 7) is 7.39. The molecule has 1 aromatic rings. The first kappa shape index (κ1) is 23.7. The van der Waals surface area contributed by atoms with Crippen molar-refractivity contribution in [1.82, 2.24) is 0 Å². The van der Waals surface area contributed by atoms with Gasteiger partial charge in [0.25, 0.3) is 0 Å². The van der Waals surface area contributed by atoms with Gasteiger partial charge in [-0.25, -0.2) is 0 Å². The molecule has 0 heterocycles. The van der Waals surface area contributed by atoms with Gasteiger partial charge in [-0.15, -0.1) is 0 Å². The average Bonchev–Trinajstić information content (AvgIpc) is 2.62. The molecule has 1 heteroatoms. The molecule has 0 unspecified atom stereocenters. The van der Waals surface area contributed by atoms with Crippen LogP contribution >= 0.6 is 7.26 Å². The van der Waals surface area contributed by atoms with Gasteiger partial charge in [0.2, 0.25) is 0 Å². The molecule has 0 bridgehead atoms. The van der Waals surface area contributed by atoms with Crippen molar-refractivity contribution >= 4 is 7.26 Å². The summed E-state index contributed by atoms with van der Waals surface area (Å²) in [4.78, 5) is 0. The molecular formula is C25H46P+. The van der Waals surface area contributed by atoms with E-state index in [9.17, 15) is 0 Å². The fraction of sp³-hybridized carbons (Fsp3) is 0.760. The van der Waals surface area contributed by atoms with Crippen LogP contribution in [0.5, 0.6) is 0 Å². The van der Waals surface area contributed by atoms with Gasteiger partial charge in [0, 0.05) is 20.6 Å². The lowest BCUT2D eigenvalue weighted by atomic mass is 10.0. The molecule has 0 aliphatic carbocycles. The maximum Gasteiger partial charge on any atom is 0.0837 e. The summed E-state index contributed by atoms with van der Waals surface area (Å²) in [6, 6.07) is 11.1. The largest absolute Gasteiger partial charge is 0.0837 e. The molecule has 26 heavy (non-hydrogen) atoms. The number of unbranched alkanes of at least 4 members (excludes halogenated alkanes) is 13. The highest BCUT2D eigenvalue weighted by molar-refractivity contribution is 7.73. The Hall–Kier alpha value is -0.350. The third-order valence-electron chi connectivity index (χ3n) is 5.57. The minimum Gasteiger partial charge on any atom is -0.0654 e. The second-order valence-corrected chi connectivity index (χ2v) is 13.5. The first-order chi connectivity index (χ1) is 12.6. The van der Waals surface area contributed by atoms with E-state index >= 15 is 0 Å². The van der Waals surface area contributed by atoms with Gasteiger partial charge in [-0.05, 0) is 18.4 Å². The Morgan fingerprint density at radius 3 is 1.46 bits per heavy atom. The van der Waals surface area contributed by atoms with E-state index in [0.717, 1.165) is 0 Å². The minimum absolute atomic E-state index is 0.749. The molecule has 0 saturated carbocycles. The van der Waals surface area contributed by atoms with Crippen molar-refractivity contribution < 1.29 is 0 Å². The zero-order valence-corrected chi connectivity index (χ0v) is 19.0. The van der Waals surface area contributed by atoms with E-state index in [0.29, 0.717) is 0 Å². The molecule has 0 radical (unpaired) electrons. The van der Waals surface area contributed by atoms with Crippen LogP contribution in [-0.2, 0) is 6.16 Å². The monoisotopic (exact) mass is 377 g/mol. The molecule has 0 nitrogen and oxygen atoms in total. The van der Waals surface area contributed by atoms with E-state index in [1.807, 2.05) is 0 Å². The quantitative estimate of drug-likeness (QED) is 0.188. The lowest BCUT2D eigenvalue weighted by Gasteiger charge is -2.18. The van der Waals surface area contributed by atoms with E-state index in [4.69, 9.17) is 0 Å². The maximum atomic E-state index is 2.54. The van der Waals surface area contributed by atoms with Gasteiger partial charge in [0.05, 0.1) is 12.3 Å². The SMILES string of the molecule is CCCCCCCCCCCCCCCC[P+](C)(C)Cc1ccccc1. The summed E-state index contributed by atoms with van der Waals surface area (Å²) in [5, 5.41) is 0. The van der Waals surface area contributed by atoms with Crippen LogP contribution in [-0.4, -0.2) is 19.5 Å². The van der Waals surface area contributed by atoms with Crippen LogP contribution in [0.25, 0.3) is 0 Å². The number of rotatable bonds is 17. The zero-order chi connectivity index (χ0) is 18.9. The summed E-state index contributed by atoms with van der Waals surface area (Å²) in [5.41, 5.74) is 1.54. The van der Waals surface area contributed by atoms with Crippen LogP contribution in [0.2, 0.25) is 0 Å². The Morgan fingerprint density at radius 2 is 1.00 bits per heavy atom.